The monoisotopic (exact) mass is 973 g/mol. The highest BCUT2D eigenvalue weighted by molar-refractivity contribution is 5.79. The predicted octanol–water partition coefficient (Wildman–Crippen LogP) is 16.0. The maximum Gasteiger partial charge on any atom is 0.312 e. The summed E-state index contributed by atoms with van der Waals surface area (Å²) in [6.45, 7) is 32.1. The Bertz CT molecular complexity index is 2320. The van der Waals surface area contributed by atoms with Crippen molar-refractivity contribution in [2.24, 2.45) is 91.7 Å². The highest BCUT2D eigenvalue weighted by atomic mass is 16.6. The number of hydrogen-bond acceptors (Lipinski definition) is 6. The van der Waals surface area contributed by atoms with Gasteiger partial charge in [0.15, 0.2) is 6.10 Å². The van der Waals surface area contributed by atoms with Gasteiger partial charge < -0.3 is 14.2 Å². The van der Waals surface area contributed by atoms with Crippen molar-refractivity contribution in [1.29, 1.82) is 0 Å². The van der Waals surface area contributed by atoms with Crippen LogP contribution in [0.15, 0.2) is 69.4 Å². The molecule has 14 atom stereocenters. The van der Waals surface area contributed by atoms with Crippen molar-refractivity contribution in [2.75, 3.05) is 13.2 Å². The third kappa shape index (κ3) is 8.79. The van der Waals surface area contributed by atoms with Crippen molar-refractivity contribution in [1.82, 2.24) is 0 Å². The van der Waals surface area contributed by atoms with E-state index in [1.165, 1.54) is 22.3 Å². The molecule has 0 aromatic rings. The van der Waals surface area contributed by atoms with Crippen LogP contribution in [-0.4, -0.2) is 37.2 Å². The Morgan fingerprint density at radius 2 is 1.11 bits per heavy atom. The molecule has 0 aromatic carbocycles. The van der Waals surface area contributed by atoms with Gasteiger partial charge in [-0.25, -0.2) is 0 Å². The van der Waals surface area contributed by atoms with E-state index < -0.39 is 22.3 Å². The van der Waals surface area contributed by atoms with Gasteiger partial charge in [-0.15, -0.1) is 0 Å². The lowest BCUT2D eigenvalue weighted by molar-refractivity contribution is -0.193. The maximum absolute atomic E-state index is 15.3. The van der Waals surface area contributed by atoms with Gasteiger partial charge in [-0.05, 0) is 210 Å². The standard InChI is InChI=1S/C65H96O6/c1-39(2)44-18-22-51-47(34-44)21-25-54-60(51,9)26-15-29-63(54,12)57(66)69-37-48(71-59(68)65(14)31-17-28-62(11)53-24-20-46(41(5)6)36-50(53)43(8)33-56(62)65)38-70-58(67)64(13)30-16-27-61(10)52-23-19-45(40(3)4)35-49(52)42(7)32-55(61)64/h20-21,34-36,39-41,43,48,51-56H,15-19,22-33,37-38H2,1-14H3. The predicted molar refractivity (Wildman–Crippen MR) is 287 cm³/mol. The zero-order valence-electron chi connectivity index (χ0n) is 47.1. The zero-order valence-corrected chi connectivity index (χ0v) is 47.1. The summed E-state index contributed by atoms with van der Waals surface area (Å²) >= 11 is 0. The summed E-state index contributed by atoms with van der Waals surface area (Å²) < 4.78 is 19.8. The van der Waals surface area contributed by atoms with Crippen LogP contribution in [0.25, 0.3) is 0 Å². The van der Waals surface area contributed by atoms with Crippen molar-refractivity contribution >= 4 is 17.9 Å². The minimum atomic E-state index is -0.909. The number of fused-ring (bicyclic) bond motifs is 9. The van der Waals surface area contributed by atoms with Crippen molar-refractivity contribution in [2.45, 2.75) is 212 Å². The van der Waals surface area contributed by atoms with Gasteiger partial charge in [-0.3, -0.25) is 14.4 Å². The molecule has 71 heavy (non-hydrogen) atoms. The molecule has 9 aliphatic rings. The van der Waals surface area contributed by atoms with E-state index in [2.05, 4.69) is 127 Å². The van der Waals surface area contributed by atoms with Gasteiger partial charge in [-0.2, -0.15) is 0 Å². The Kier molecular flexibility index (Phi) is 14.3. The Hall–Kier alpha value is -3.15. The van der Waals surface area contributed by atoms with E-state index in [1.807, 2.05) is 0 Å². The Balaban J connectivity index is 0.973. The second-order valence-corrected chi connectivity index (χ2v) is 28.0. The SMILES string of the molecule is CC1=C2C=C(C(C)C)CCC2C2(C)CCCC(C)(C(=O)OCC(COC(=O)C3(C)CCCC4(C)C5CCC(C(C)C)=CC5=CCC34)OC(=O)C3(C)CCCC4(C)C5CC=C(C(C)C)C=C5C(C)CC34)C2C1. The quantitative estimate of drug-likeness (QED) is 0.152. The van der Waals surface area contributed by atoms with Gasteiger partial charge in [0.1, 0.15) is 13.2 Å². The average molecular weight is 973 g/mol. The van der Waals surface area contributed by atoms with Gasteiger partial charge >= 0.3 is 17.9 Å². The molecule has 9 rings (SSSR count). The minimum absolute atomic E-state index is 0.00258. The van der Waals surface area contributed by atoms with E-state index in [1.54, 1.807) is 16.7 Å². The van der Waals surface area contributed by atoms with Crippen LogP contribution < -0.4 is 0 Å². The van der Waals surface area contributed by atoms with E-state index in [0.717, 1.165) is 109 Å². The number of esters is 3. The molecule has 0 amide bonds. The Morgan fingerprint density at radius 3 is 1.69 bits per heavy atom. The normalized spacial score (nSPS) is 41.3. The van der Waals surface area contributed by atoms with E-state index in [-0.39, 0.29) is 65.1 Å². The molecule has 0 bridgehead atoms. The summed E-state index contributed by atoms with van der Waals surface area (Å²) in [6.07, 6.45) is 28.2. The number of carbonyl (C=O) groups excluding carboxylic acids is 3. The van der Waals surface area contributed by atoms with Crippen molar-refractivity contribution in [3.63, 3.8) is 0 Å². The molecule has 0 spiro atoms. The van der Waals surface area contributed by atoms with Crippen LogP contribution in [-0.2, 0) is 28.6 Å². The molecule has 0 aliphatic heterocycles. The second kappa shape index (κ2) is 19.2. The third-order valence-corrected chi connectivity index (χ3v) is 22.9. The van der Waals surface area contributed by atoms with Crippen LogP contribution in [0, 0.1) is 91.7 Å². The molecule has 4 saturated carbocycles. The van der Waals surface area contributed by atoms with Crippen LogP contribution in [0.2, 0.25) is 0 Å². The lowest BCUT2D eigenvalue weighted by Crippen LogP contribution is -2.56. The molecule has 0 heterocycles. The molecule has 4 fully saturated rings. The fourth-order valence-electron chi connectivity index (χ4n) is 18.4. The molecule has 14 unspecified atom stereocenters. The average Bonchev–Trinajstić information content (AvgIpc) is 3.33. The number of carbonyl (C=O) groups is 3. The lowest BCUT2D eigenvalue weighted by atomic mass is 9.44. The van der Waals surface area contributed by atoms with Crippen LogP contribution in [0.4, 0.5) is 0 Å². The number of ether oxygens (including phenoxy) is 3. The summed E-state index contributed by atoms with van der Waals surface area (Å²) in [6, 6.07) is 0. The van der Waals surface area contributed by atoms with Crippen LogP contribution in [0.5, 0.6) is 0 Å². The summed E-state index contributed by atoms with van der Waals surface area (Å²) in [4.78, 5) is 45.3. The van der Waals surface area contributed by atoms with Crippen molar-refractivity contribution < 1.29 is 28.6 Å². The molecule has 6 heteroatoms. The Morgan fingerprint density at radius 1 is 0.592 bits per heavy atom. The number of allylic oxidation sites excluding steroid dienone is 12. The second-order valence-electron chi connectivity index (χ2n) is 28.0. The largest absolute Gasteiger partial charge is 0.461 e. The fraction of sp³-hybridized carbons (Fsp3) is 0.769. The summed E-state index contributed by atoms with van der Waals surface area (Å²) in [5, 5.41) is 0. The number of hydrogen-bond donors (Lipinski definition) is 0. The molecule has 0 aromatic heterocycles. The first-order valence-corrected chi connectivity index (χ1v) is 29.2. The van der Waals surface area contributed by atoms with Crippen LogP contribution in [0.3, 0.4) is 0 Å². The molecule has 6 nitrogen and oxygen atoms in total. The fourth-order valence-corrected chi connectivity index (χ4v) is 18.4. The first-order valence-electron chi connectivity index (χ1n) is 29.2. The molecular formula is C65H96O6. The molecule has 0 radical (unpaired) electrons. The van der Waals surface area contributed by atoms with Gasteiger partial charge in [0.2, 0.25) is 0 Å². The van der Waals surface area contributed by atoms with E-state index >= 15 is 9.59 Å². The highest BCUT2D eigenvalue weighted by Crippen LogP contribution is 2.67. The summed E-state index contributed by atoms with van der Waals surface area (Å²) in [7, 11) is 0. The van der Waals surface area contributed by atoms with E-state index in [9.17, 15) is 4.79 Å². The molecular weight excluding hydrogens is 877 g/mol. The summed E-state index contributed by atoms with van der Waals surface area (Å²) in [5.41, 5.74) is 8.36. The van der Waals surface area contributed by atoms with Gasteiger partial charge in [0.25, 0.3) is 0 Å². The van der Waals surface area contributed by atoms with E-state index in [4.69, 9.17) is 14.2 Å². The van der Waals surface area contributed by atoms with E-state index in [0.29, 0.717) is 41.4 Å². The van der Waals surface area contributed by atoms with Crippen molar-refractivity contribution in [3.8, 4) is 0 Å². The van der Waals surface area contributed by atoms with Gasteiger partial charge in [0, 0.05) is 0 Å². The van der Waals surface area contributed by atoms with Crippen molar-refractivity contribution in [3.05, 3.63) is 69.4 Å². The lowest BCUT2D eigenvalue weighted by Gasteiger charge is -2.59. The first-order chi connectivity index (χ1) is 33.4. The van der Waals surface area contributed by atoms with Crippen LogP contribution in [0.1, 0.15) is 206 Å². The van der Waals surface area contributed by atoms with Crippen LogP contribution >= 0.6 is 0 Å². The summed E-state index contributed by atoms with van der Waals surface area (Å²) in [5.74, 6) is 3.04. The number of rotatable bonds is 11. The zero-order chi connectivity index (χ0) is 51.2. The minimum Gasteiger partial charge on any atom is -0.461 e. The third-order valence-electron chi connectivity index (χ3n) is 22.9. The molecule has 9 aliphatic carbocycles. The Labute approximate surface area is 431 Å². The maximum atomic E-state index is 15.3. The molecule has 0 N–H and O–H groups in total. The van der Waals surface area contributed by atoms with Gasteiger partial charge in [-0.1, -0.05) is 141 Å². The molecule has 0 saturated heterocycles. The topological polar surface area (TPSA) is 78.9 Å². The molecule has 392 valence electrons. The highest BCUT2D eigenvalue weighted by Gasteiger charge is 2.62. The first kappa shape index (κ1) is 52.7. The smallest absolute Gasteiger partial charge is 0.312 e. The van der Waals surface area contributed by atoms with Gasteiger partial charge in [0.05, 0.1) is 16.2 Å².